The molecule has 5 nitrogen and oxygen atoms in total. The van der Waals surface area contributed by atoms with Gasteiger partial charge >= 0.3 is 5.97 Å². The van der Waals surface area contributed by atoms with Crippen LogP contribution in [0.25, 0.3) is 0 Å². The van der Waals surface area contributed by atoms with E-state index in [1.807, 2.05) is 48.5 Å². The van der Waals surface area contributed by atoms with E-state index >= 15 is 0 Å². The molecule has 0 radical (unpaired) electrons. The maximum Gasteiger partial charge on any atom is 0.313 e. The van der Waals surface area contributed by atoms with Crippen LogP contribution >= 0.6 is 0 Å². The number of nitrogens with one attached hydrogen (secondary N) is 1. The second-order valence-electron chi connectivity index (χ2n) is 8.68. The number of hydrogen-bond acceptors (Lipinski definition) is 4. The minimum Gasteiger partial charge on any atom is -0.494 e. The molecule has 0 spiro atoms. The summed E-state index contributed by atoms with van der Waals surface area (Å²) in [5, 5.41) is 2.95. The zero-order chi connectivity index (χ0) is 21.8. The first kappa shape index (κ1) is 21.2. The van der Waals surface area contributed by atoms with Gasteiger partial charge in [0.2, 0.25) is 5.91 Å². The molecular weight excluding hydrogens is 390 g/mol. The summed E-state index contributed by atoms with van der Waals surface area (Å²) in [7, 11) is 0. The minimum atomic E-state index is -0.466. The van der Waals surface area contributed by atoms with Crippen LogP contribution in [0.2, 0.25) is 0 Å². The molecule has 1 saturated carbocycles. The van der Waals surface area contributed by atoms with Gasteiger partial charge in [-0.3, -0.25) is 9.59 Å². The van der Waals surface area contributed by atoms with E-state index in [0.717, 1.165) is 41.0 Å². The molecule has 1 heterocycles. The van der Waals surface area contributed by atoms with Gasteiger partial charge < -0.3 is 14.8 Å². The molecule has 2 aromatic carbocycles. The van der Waals surface area contributed by atoms with Crippen LogP contribution in [0.15, 0.2) is 60.7 Å². The zero-order valence-electron chi connectivity index (χ0n) is 18.0. The van der Waals surface area contributed by atoms with Crippen molar-refractivity contribution in [2.24, 2.45) is 11.3 Å². The van der Waals surface area contributed by atoms with E-state index in [-0.39, 0.29) is 24.2 Å². The summed E-state index contributed by atoms with van der Waals surface area (Å²) in [6.45, 7) is 7.31. The Balaban J connectivity index is 1.36. The van der Waals surface area contributed by atoms with Gasteiger partial charge in [0.25, 0.3) is 0 Å². The van der Waals surface area contributed by atoms with Crippen molar-refractivity contribution in [2.75, 3.05) is 18.5 Å². The molecule has 1 aliphatic carbocycles. The van der Waals surface area contributed by atoms with Crippen LogP contribution in [0, 0.1) is 11.3 Å². The van der Waals surface area contributed by atoms with Crippen LogP contribution in [0.5, 0.6) is 5.75 Å². The van der Waals surface area contributed by atoms with Gasteiger partial charge in [0.15, 0.2) is 0 Å². The number of anilines is 1. The summed E-state index contributed by atoms with van der Waals surface area (Å²) in [6.07, 6.45) is 3.44. The Kier molecular flexibility index (Phi) is 6.12. The third-order valence-electron chi connectivity index (χ3n) is 6.20. The van der Waals surface area contributed by atoms with Crippen molar-refractivity contribution in [3.8, 4) is 5.75 Å². The van der Waals surface area contributed by atoms with E-state index in [1.54, 1.807) is 0 Å². The lowest BCUT2D eigenvalue weighted by Gasteiger charge is -2.24. The lowest BCUT2D eigenvalue weighted by atomic mass is 9.75. The van der Waals surface area contributed by atoms with Gasteiger partial charge in [-0.2, -0.15) is 0 Å². The summed E-state index contributed by atoms with van der Waals surface area (Å²) < 4.78 is 11.0. The molecule has 31 heavy (non-hydrogen) atoms. The first-order valence-electron chi connectivity index (χ1n) is 10.9. The zero-order valence-corrected chi connectivity index (χ0v) is 18.0. The first-order valence-corrected chi connectivity index (χ1v) is 10.9. The van der Waals surface area contributed by atoms with Crippen molar-refractivity contribution < 1.29 is 19.1 Å². The van der Waals surface area contributed by atoms with Gasteiger partial charge in [-0.25, -0.2) is 0 Å². The number of amides is 1. The number of carbonyl (C=O) groups is 2. The first-order chi connectivity index (χ1) is 15.0. The number of hydrogen-bond donors (Lipinski definition) is 1. The predicted octanol–water partition coefficient (Wildman–Crippen LogP) is 4.71. The summed E-state index contributed by atoms with van der Waals surface area (Å²) in [5.41, 5.74) is 3.39. The number of carbonyl (C=O) groups excluding carboxylic acids is 2. The molecule has 1 aliphatic heterocycles. The molecule has 0 bridgehead atoms. The Hall–Kier alpha value is -3.08. The molecule has 4 rings (SSSR count). The highest BCUT2D eigenvalue weighted by Gasteiger charge is 2.55. The molecular formula is C26H29NO4. The van der Waals surface area contributed by atoms with Gasteiger partial charge in [0, 0.05) is 11.6 Å². The smallest absolute Gasteiger partial charge is 0.313 e. The summed E-state index contributed by atoms with van der Waals surface area (Å²) in [6, 6.07) is 15.4. The monoisotopic (exact) mass is 419 g/mol. The van der Waals surface area contributed by atoms with Gasteiger partial charge in [-0.15, -0.1) is 0 Å². The average molecular weight is 420 g/mol. The van der Waals surface area contributed by atoms with E-state index in [4.69, 9.17) is 9.47 Å². The molecule has 2 aliphatic rings. The summed E-state index contributed by atoms with van der Waals surface area (Å²) in [5.74, 6) is 0.836. The fourth-order valence-corrected chi connectivity index (χ4v) is 4.69. The Morgan fingerprint density at radius 3 is 2.81 bits per heavy atom. The largest absolute Gasteiger partial charge is 0.494 e. The fraction of sp³-hybridized carbons (Fsp3) is 0.385. The van der Waals surface area contributed by atoms with E-state index in [1.165, 1.54) is 0 Å². The van der Waals surface area contributed by atoms with Gasteiger partial charge in [0.1, 0.15) is 5.75 Å². The molecule has 2 fully saturated rings. The SMILES string of the molecule is C=C1CC2COC(=O)C2(Cc2ccc(NC(=O)Cc3cccc(OCCC)c3)cc2)C1. The van der Waals surface area contributed by atoms with Crippen LogP contribution < -0.4 is 10.1 Å². The maximum atomic E-state index is 12.5. The number of cyclic esters (lactones) is 1. The highest BCUT2D eigenvalue weighted by Crippen LogP contribution is 2.52. The molecule has 1 saturated heterocycles. The molecule has 1 N–H and O–H groups in total. The number of fused-ring (bicyclic) bond motifs is 1. The number of benzene rings is 2. The van der Waals surface area contributed by atoms with Crippen molar-refractivity contribution >= 4 is 17.6 Å². The lowest BCUT2D eigenvalue weighted by Crippen LogP contribution is -2.31. The predicted molar refractivity (Wildman–Crippen MR) is 120 cm³/mol. The van der Waals surface area contributed by atoms with Gasteiger partial charge in [0.05, 0.1) is 25.0 Å². The van der Waals surface area contributed by atoms with Crippen molar-refractivity contribution in [1.29, 1.82) is 0 Å². The normalized spacial score (nSPS) is 22.2. The quantitative estimate of drug-likeness (QED) is 0.497. The van der Waals surface area contributed by atoms with E-state index in [0.29, 0.717) is 26.1 Å². The Bertz CT molecular complexity index is 981. The van der Waals surface area contributed by atoms with Crippen LogP contribution in [0.4, 0.5) is 5.69 Å². The Labute approximate surface area is 183 Å². The van der Waals surface area contributed by atoms with E-state index in [9.17, 15) is 9.59 Å². The molecule has 1 amide bonds. The average Bonchev–Trinajstić information content (AvgIpc) is 3.22. The van der Waals surface area contributed by atoms with Crippen LogP contribution in [0.3, 0.4) is 0 Å². The van der Waals surface area contributed by atoms with E-state index < -0.39 is 5.41 Å². The second kappa shape index (κ2) is 8.96. The van der Waals surface area contributed by atoms with E-state index in [2.05, 4.69) is 18.8 Å². The second-order valence-corrected chi connectivity index (χ2v) is 8.68. The molecule has 2 atom stereocenters. The van der Waals surface area contributed by atoms with Crippen LogP contribution in [0.1, 0.15) is 37.3 Å². The fourth-order valence-electron chi connectivity index (χ4n) is 4.69. The van der Waals surface area contributed by atoms with Crippen molar-refractivity contribution in [3.63, 3.8) is 0 Å². The number of ether oxygens (including phenoxy) is 2. The van der Waals surface area contributed by atoms with Crippen LogP contribution in [-0.2, 0) is 27.2 Å². The number of allylic oxidation sites excluding steroid dienone is 1. The topological polar surface area (TPSA) is 64.6 Å². The summed E-state index contributed by atoms with van der Waals surface area (Å²) >= 11 is 0. The van der Waals surface area contributed by atoms with Gasteiger partial charge in [-0.1, -0.05) is 43.3 Å². The standard InChI is InChI=1S/C26H29NO4/c1-3-11-30-23-6-4-5-20(13-23)14-24(28)27-22-9-7-19(8-10-22)16-26-15-18(2)12-21(26)17-31-25(26)29/h4-10,13,21H,2-3,11-12,14-17H2,1H3,(H,27,28). The Morgan fingerprint density at radius 2 is 2.03 bits per heavy atom. The maximum absolute atomic E-state index is 12.5. The molecule has 162 valence electrons. The molecule has 2 unspecified atom stereocenters. The van der Waals surface area contributed by atoms with Crippen molar-refractivity contribution in [1.82, 2.24) is 0 Å². The third-order valence-corrected chi connectivity index (χ3v) is 6.20. The van der Waals surface area contributed by atoms with Crippen molar-refractivity contribution in [2.45, 2.75) is 39.0 Å². The van der Waals surface area contributed by atoms with Crippen LogP contribution in [-0.4, -0.2) is 25.1 Å². The molecule has 0 aromatic heterocycles. The minimum absolute atomic E-state index is 0.0782. The third kappa shape index (κ3) is 4.66. The molecule has 5 heteroatoms. The highest BCUT2D eigenvalue weighted by molar-refractivity contribution is 5.92. The Morgan fingerprint density at radius 1 is 1.23 bits per heavy atom. The lowest BCUT2D eigenvalue weighted by molar-refractivity contribution is -0.146. The number of esters is 1. The van der Waals surface area contributed by atoms with Crippen molar-refractivity contribution in [3.05, 3.63) is 71.8 Å². The number of rotatable bonds is 8. The van der Waals surface area contributed by atoms with Gasteiger partial charge in [-0.05, 0) is 61.1 Å². The summed E-state index contributed by atoms with van der Waals surface area (Å²) in [4.78, 5) is 24.9. The highest BCUT2D eigenvalue weighted by atomic mass is 16.5. The molecule has 2 aromatic rings.